The lowest BCUT2D eigenvalue weighted by Gasteiger charge is -2.14. The molecule has 0 aliphatic carbocycles. The van der Waals surface area contributed by atoms with E-state index in [1.54, 1.807) is 0 Å². The molecule has 0 bridgehead atoms. The molecule has 0 saturated heterocycles. The second kappa shape index (κ2) is 6.05. The van der Waals surface area contributed by atoms with Crippen molar-refractivity contribution < 1.29 is 0 Å². The molecule has 84 valence electrons. The first-order valence-electron chi connectivity index (χ1n) is 5.47. The predicted molar refractivity (Wildman–Crippen MR) is 74.8 cm³/mol. The summed E-state index contributed by atoms with van der Waals surface area (Å²) in [5.74, 6) is 0. The van der Waals surface area contributed by atoms with Crippen LogP contribution in [0.15, 0.2) is 16.6 Å². The first-order valence-corrected chi connectivity index (χ1v) is 7.17. The summed E-state index contributed by atoms with van der Waals surface area (Å²) in [6.07, 6.45) is 3.76. The van der Waals surface area contributed by atoms with E-state index in [-0.39, 0.29) is 0 Å². The predicted octanol–water partition coefficient (Wildman–Crippen LogP) is 5.69. The number of alkyl halides is 1. The highest BCUT2D eigenvalue weighted by Crippen LogP contribution is 2.33. The van der Waals surface area contributed by atoms with Gasteiger partial charge in [-0.1, -0.05) is 57.7 Å². The van der Waals surface area contributed by atoms with E-state index in [1.165, 1.54) is 40.4 Å². The zero-order valence-corrected chi connectivity index (χ0v) is 12.8. The molecule has 0 N–H and O–H groups in total. The van der Waals surface area contributed by atoms with Crippen LogP contribution in [0.2, 0.25) is 0 Å². The minimum Gasteiger partial charge on any atom is -0.0839 e. The maximum absolute atomic E-state index is 3.78. The maximum atomic E-state index is 3.78. The molecule has 0 saturated carbocycles. The van der Waals surface area contributed by atoms with Gasteiger partial charge in [-0.15, -0.1) is 0 Å². The van der Waals surface area contributed by atoms with Crippen molar-refractivity contribution in [3.63, 3.8) is 0 Å². The number of unbranched alkanes of at least 4 members (excludes halogenated alkanes) is 1. The average molecular weight is 334 g/mol. The van der Waals surface area contributed by atoms with Gasteiger partial charge in [0.1, 0.15) is 0 Å². The molecule has 0 fully saturated rings. The Morgan fingerprint density at radius 2 is 1.87 bits per heavy atom. The summed E-state index contributed by atoms with van der Waals surface area (Å²) in [6.45, 7) is 6.56. The quantitative estimate of drug-likeness (QED) is 0.620. The van der Waals surface area contributed by atoms with E-state index in [2.05, 4.69) is 64.8 Å². The van der Waals surface area contributed by atoms with Crippen molar-refractivity contribution in [2.24, 2.45) is 0 Å². The van der Waals surface area contributed by atoms with E-state index in [0.717, 1.165) is 0 Å². The van der Waals surface area contributed by atoms with Crippen molar-refractivity contribution >= 4 is 31.9 Å². The van der Waals surface area contributed by atoms with Gasteiger partial charge in [0.2, 0.25) is 0 Å². The lowest BCUT2D eigenvalue weighted by molar-refractivity contribution is 0.710. The number of aryl methyl sites for hydroxylation is 2. The smallest absolute Gasteiger partial charge is 0.0398 e. The summed E-state index contributed by atoms with van der Waals surface area (Å²) < 4.78 is 1.21. The van der Waals surface area contributed by atoms with Crippen molar-refractivity contribution in [2.75, 3.05) is 0 Å². The summed E-state index contributed by atoms with van der Waals surface area (Å²) in [5.41, 5.74) is 4.12. The number of hydrogen-bond donors (Lipinski definition) is 0. The Morgan fingerprint density at radius 3 is 2.47 bits per heavy atom. The van der Waals surface area contributed by atoms with E-state index in [0.29, 0.717) is 4.83 Å². The van der Waals surface area contributed by atoms with Crippen LogP contribution < -0.4 is 0 Å². The van der Waals surface area contributed by atoms with Crippen molar-refractivity contribution in [3.8, 4) is 0 Å². The van der Waals surface area contributed by atoms with Crippen molar-refractivity contribution in [1.29, 1.82) is 0 Å². The van der Waals surface area contributed by atoms with E-state index >= 15 is 0 Å². The first-order chi connectivity index (χ1) is 7.06. The Bertz CT molecular complexity index is 332. The molecular weight excluding hydrogens is 316 g/mol. The second-order valence-corrected chi connectivity index (χ2v) is 6.03. The van der Waals surface area contributed by atoms with Crippen LogP contribution in [-0.4, -0.2) is 0 Å². The highest BCUT2D eigenvalue weighted by molar-refractivity contribution is 9.10. The molecule has 0 amide bonds. The number of rotatable bonds is 4. The topological polar surface area (TPSA) is 0 Å². The molecule has 1 aromatic carbocycles. The fourth-order valence-electron chi connectivity index (χ4n) is 1.68. The Labute approximate surface area is 110 Å². The van der Waals surface area contributed by atoms with E-state index in [9.17, 15) is 0 Å². The van der Waals surface area contributed by atoms with Crippen LogP contribution in [-0.2, 0) is 0 Å². The molecule has 1 aromatic rings. The number of benzene rings is 1. The molecule has 15 heavy (non-hydrogen) atoms. The fourth-order valence-corrected chi connectivity index (χ4v) is 2.95. The molecule has 2 heteroatoms. The number of hydrogen-bond acceptors (Lipinski definition) is 0. The summed E-state index contributed by atoms with van der Waals surface area (Å²) in [5, 5.41) is 0. The summed E-state index contributed by atoms with van der Waals surface area (Å²) in [7, 11) is 0. The molecular formula is C13H18Br2. The van der Waals surface area contributed by atoms with Crippen LogP contribution in [0.1, 0.15) is 47.7 Å². The largest absolute Gasteiger partial charge is 0.0839 e. The molecule has 0 aromatic heterocycles. The van der Waals surface area contributed by atoms with Gasteiger partial charge in [0.15, 0.2) is 0 Å². The number of halogens is 2. The van der Waals surface area contributed by atoms with Gasteiger partial charge in [-0.05, 0) is 43.0 Å². The Morgan fingerprint density at radius 1 is 1.20 bits per heavy atom. The lowest BCUT2D eigenvalue weighted by atomic mass is 10.00. The van der Waals surface area contributed by atoms with Crippen LogP contribution in [0.3, 0.4) is 0 Å². The third-order valence-electron chi connectivity index (χ3n) is 2.70. The second-order valence-electron chi connectivity index (χ2n) is 4.07. The van der Waals surface area contributed by atoms with Crippen LogP contribution in [0.5, 0.6) is 0 Å². The molecule has 0 aliphatic rings. The lowest BCUT2D eigenvalue weighted by Crippen LogP contribution is -1.95. The Balaban J connectivity index is 2.88. The molecule has 0 radical (unpaired) electrons. The van der Waals surface area contributed by atoms with Crippen LogP contribution in [0, 0.1) is 13.8 Å². The van der Waals surface area contributed by atoms with Gasteiger partial charge in [-0.25, -0.2) is 0 Å². The first kappa shape index (κ1) is 13.2. The fraction of sp³-hybridized carbons (Fsp3) is 0.538. The summed E-state index contributed by atoms with van der Waals surface area (Å²) in [4.78, 5) is 0.504. The molecule has 0 nitrogen and oxygen atoms in total. The highest BCUT2D eigenvalue weighted by atomic mass is 79.9. The van der Waals surface area contributed by atoms with Crippen molar-refractivity contribution in [1.82, 2.24) is 0 Å². The van der Waals surface area contributed by atoms with Crippen molar-refractivity contribution in [3.05, 3.63) is 33.3 Å². The molecule has 1 unspecified atom stereocenters. The SMILES string of the molecule is CCCCC(Br)c1cc(C)c(Br)cc1C. The van der Waals surface area contributed by atoms with Gasteiger partial charge in [-0.2, -0.15) is 0 Å². The zero-order valence-electron chi connectivity index (χ0n) is 9.61. The van der Waals surface area contributed by atoms with Gasteiger partial charge >= 0.3 is 0 Å². The molecule has 1 rings (SSSR count). The van der Waals surface area contributed by atoms with E-state index in [1.807, 2.05) is 0 Å². The van der Waals surface area contributed by atoms with Gasteiger partial charge in [0, 0.05) is 9.30 Å². The molecule has 0 spiro atoms. The maximum Gasteiger partial charge on any atom is 0.0398 e. The van der Waals surface area contributed by atoms with Gasteiger partial charge in [0.25, 0.3) is 0 Å². The zero-order chi connectivity index (χ0) is 11.4. The van der Waals surface area contributed by atoms with E-state index < -0.39 is 0 Å². The van der Waals surface area contributed by atoms with Crippen LogP contribution in [0.4, 0.5) is 0 Å². The highest BCUT2D eigenvalue weighted by Gasteiger charge is 2.11. The average Bonchev–Trinajstić information content (AvgIpc) is 2.20. The molecule has 1 atom stereocenters. The van der Waals surface area contributed by atoms with Crippen LogP contribution in [0.25, 0.3) is 0 Å². The molecule has 0 aliphatic heterocycles. The van der Waals surface area contributed by atoms with Gasteiger partial charge in [0.05, 0.1) is 0 Å². The van der Waals surface area contributed by atoms with E-state index in [4.69, 9.17) is 0 Å². The minimum absolute atomic E-state index is 0.504. The Kier molecular flexibility index (Phi) is 5.34. The van der Waals surface area contributed by atoms with Gasteiger partial charge in [-0.3, -0.25) is 0 Å². The van der Waals surface area contributed by atoms with Crippen LogP contribution >= 0.6 is 31.9 Å². The summed E-state index contributed by atoms with van der Waals surface area (Å²) in [6, 6.07) is 4.50. The Hall–Kier alpha value is 0.180. The van der Waals surface area contributed by atoms with Crippen molar-refractivity contribution in [2.45, 2.75) is 44.9 Å². The third kappa shape index (κ3) is 3.60. The minimum atomic E-state index is 0.504. The normalized spacial score (nSPS) is 12.9. The standard InChI is InChI=1S/C13H18Br2/c1-4-5-6-12(14)11-7-10(3)13(15)8-9(11)2/h7-8,12H,4-6H2,1-3H3. The third-order valence-corrected chi connectivity index (χ3v) is 4.50. The summed E-state index contributed by atoms with van der Waals surface area (Å²) >= 11 is 7.35. The monoisotopic (exact) mass is 332 g/mol. The molecule has 0 heterocycles. The van der Waals surface area contributed by atoms with Gasteiger partial charge < -0.3 is 0 Å².